The second kappa shape index (κ2) is 6.90. The fourth-order valence-corrected chi connectivity index (χ4v) is 1.94. The number of hydrogen-bond acceptors (Lipinski definition) is 3. The lowest BCUT2D eigenvalue weighted by molar-refractivity contribution is 0.102. The van der Waals surface area contributed by atoms with Crippen molar-refractivity contribution in [2.75, 3.05) is 11.9 Å². The van der Waals surface area contributed by atoms with Crippen LogP contribution in [0.3, 0.4) is 0 Å². The summed E-state index contributed by atoms with van der Waals surface area (Å²) in [6.45, 7) is 4.16. The molecule has 21 heavy (non-hydrogen) atoms. The number of nitrogens with one attached hydrogen (secondary N) is 1. The molecule has 0 aromatic heterocycles. The number of anilines is 1. The van der Waals surface area contributed by atoms with Crippen molar-refractivity contribution in [3.05, 3.63) is 59.7 Å². The van der Waals surface area contributed by atoms with Crippen LogP contribution in [-0.2, 0) is 0 Å². The first-order valence-electron chi connectivity index (χ1n) is 6.92. The van der Waals surface area contributed by atoms with Crippen LogP contribution in [0.25, 0.3) is 0 Å². The molecule has 0 saturated heterocycles. The van der Waals surface area contributed by atoms with E-state index in [2.05, 4.69) is 5.32 Å². The lowest BCUT2D eigenvalue weighted by atomic mass is 10.1. The van der Waals surface area contributed by atoms with Gasteiger partial charge >= 0.3 is 0 Å². The topological polar surface area (TPSA) is 58.6 Å². The zero-order valence-corrected chi connectivity index (χ0v) is 12.2. The van der Waals surface area contributed by atoms with Crippen LogP contribution in [0.1, 0.15) is 35.9 Å². The lowest BCUT2D eigenvalue weighted by Gasteiger charge is -2.09. The van der Waals surface area contributed by atoms with Crippen LogP contribution in [0.15, 0.2) is 48.5 Å². The van der Waals surface area contributed by atoms with Crippen molar-refractivity contribution in [2.24, 2.45) is 0 Å². The van der Waals surface area contributed by atoms with Gasteiger partial charge in [0, 0.05) is 11.3 Å². The quantitative estimate of drug-likeness (QED) is 0.885. The second-order valence-electron chi connectivity index (χ2n) is 4.71. The Morgan fingerprint density at radius 1 is 1.24 bits per heavy atom. The van der Waals surface area contributed by atoms with E-state index in [9.17, 15) is 9.90 Å². The summed E-state index contributed by atoms with van der Waals surface area (Å²) in [4.78, 5) is 12.2. The predicted octanol–water partition coefficient (Wildman–Crippen LogP) is 3.39. The first kappa shape index (κ1) is 15.1. The normalized spacial score (nSPS) is 11.8. The molecule has 4 nitrogen and oxygen atoms in total. The molecule has 0 bridgehead atoms. The molecule has 110 valence electrons. The van der Waals surface area contributed by atoms with Crippen LogP contribution in [0.4, 0.5) is 5.69 Å². The Balaban J connectivity index is 2.08. The van der Waals surface area contributed by atoms with Gasteiger partial charge in [0.1, 0.15) is 5.75 Å². The van der Waals surface area contributed by atoms with E-state index in [-0.39, 0.29) is 5.91 Å². The molecule has 1 amide bonds. The molecule has 2 aromatic carbocycles. The Hall–Kier alpha value is -2.33. The number of aliphatic hydroxyl groups excluding tert-OH is 1. The fraction of sp³-hybridized carbons (Fsp3) is 0.235. The van der Waals surface area contributed by atoms with E-state index in [1.807, 2.05) is 13.0 Å². The monoisotopic (exact) mass is 285 g/mol. The summed E-state index contributed by atoms with van der Waals surface area (Å²) < 4.78 is 5.38. The molecule has 0 aliphatic heterocycles. The molecule has 2 N–H and O–H groups in total. The number of aliphatic hydroxyl groups is 1. The summed E-state index contributed by atoms with van der Waals surface area (Å²) in [7, 11) is 0. The third-order valence-electron chi connectivity index (χ3n) is 3.06. The average Bonchev–Trinajstić information content (AvgIpc) is 2.48. The third-order valence-corrected chi connectivity index (χ3v) is 3.06. The molecule has 0 radical (unpaired) electrons. The van der Waals surface area contributed by atoms with Crippen LogP contribution in [0.5, 0.6) is 5.75 Å². The number of carbonyl (C=O) groups excluding carboxylic acids is 1. The molecular weight excluding hydrogens is 266 g/mol. The SMILES string of the molecule is CCOc1cccc(C(=O)Nc2ccc([C@@H](C)O)cc2)c1. The smallest absolute Gasteiger partial charge is 0.255 e. The summed E-state index contributed by atoms with van der Waals surface area (Å²) in [5.41, 5.74) is 2.04. The maximum absolute atomic E-state index is 12.2. The van der Waals surface area contributed by atoms with Crippen molar-refractivity contribution in [3.8, 4) is 5.75 Å². The molecule has 0 aliphatic rings. The predicted molar refractivity (Wildman–Crippen MR) is 82.6 cm³/mol. The minimum absolute atomic E-state index is 0.193. The van der Waals surface area contributed by atoms with Gasteiger partial charge in [-0.15, -0.1) is 0 Å². The minimum Gasteiger partial charge on any atom is -0.494 e. The number of ether oxygens (including phenoxy) is 1. The molecule has 0 fully saturated rings. The molecule has 0 spiro atoms. The molecular formula is C17H19NO3. The van der Waals surface area contributed by atoms with E-state index < -0.39 is 6.10 Å². The highest BCUT2D eigenvalue weighted by molar-refractivity contribution is 6.04. The highest BCUT2D eigenvalue weighted by Crippen LogP contribution is 2.18. The number of amides is 1. The van der Waals surface area contributed by atoms with E-state index >= 15 is 0 Å². The van der Waals surface area contributed by atoms with Crippen molar-refractivity contribution >= 4 is 11.6 Å². The molecule has 2 aromatic rings. The molecule has 4 heteroatoms. The summed E-state index contributed by atoms with van der Waals surface area (Å²) >= 11 is 0. The largest absolute Gasteiger partial charge is 0.494 e. The van der Waals surface area contributed by atoms with Gasteiger partial charge in [0.25, 0.3) is 5.91 Å². The van der Waals surface area contributed by atoms with Gasteiger partial charge in [-0.1, -0.05) is 18.2 Å². The zero-order valence-electron chi connectivity index (χ0n) is 12.2. The standard InChI is InChI=1S/C17H19NO3/c1-3-21-16-6-4-5-14(11-16)17(20)18-15-9-7-13(8-10-15)12(2)19/h4-12,19H,3H2,1-2H3,(H,18,20)/t12-/m1/s1. The van der Waals surface area contributed by atoms with Crippen molar-refractivity contribution in [1.82, 2.24) is 0 Å². The number of carbonyl (C=O) groups is 1. The Bertz CT molecular complexity index is 606. The molecule has 1 atom stereocenters. The van der Waals surface area contributed by atoms with E-state index in [0.29, 0.717) is 23.6 Å². The Morgan fingerprint density at radius 2 is 1.95 bits per heavy atom. The molecule has 0 aliphatic carbocycles. The maximum Gasteiger partial charge on any atom is 0.255 e. The van der Waals surface area contributed by atoms with Crippen molar-refractivity contribution < 1.29 is 14.6 Å². The van der Waals surface area contributed by atoms with E-state index in [1.54, 1.807) is 49.4 Å². The number of benzene rings is 2. The summed E-state index contributed by atoms with van der Waals surface area (Å²) in [6, 6.07) is 14.2. The van der Waals surface area contributed by atoms with Crippen LogP contribution in [0.2, 0.25) is 0 Å². The maximum atomic E-state index is 12.2. The van der Waals surface area contributed by atoms with Crippen LogP contribution in [0, 0.1) is 0 Å². The van der Waals surface area contributed by atoms with Crippen molar-refractivity contribution in [2.45, 2.75) is 20.0 Å². The van der Waals surface area contributed by atoms with E-state index in [4.69, 9.17) is 4.74 Å². The number of rotatable bonds is 5. The summed E-state index contributed by atoms with van der Waals surface area (Å²) in [5, 5.41) is 12.3. The van der Waals surface area contributed by atoms with Gasteiger partial charge in [0.05, 0.1) is 12.7 Å². The van der Waals surface area contributed by atoms with Crippen molar-refractivity contribution in [3.63, 3.8) is 0 Å². The van der Waals surface area contributed by atoms with Gasteiger partial charge in [-0.2, -0.15) is 0 Å². The first-order valence-corrected chi connectivity index (χ1v) is 6.92. The van der Waals surface area contributed by atoms with Crippen LogP contribution >= 0.6 is 0 Å². The van der Waals surface area contributed by atoms with Crippen molar-refractivity contribution in [1.29, 1.82) is 0 Å². The molecule has 0 unspecified atom stereocenters. The summed E-state index contributed by atoms with van der Waals surface area (Å²) in [5.74, 6) is 0.482. The van der Waals surface area contributed by atoms with Gasteiger partial charge in [0.15, 0.2) is 0 Å². The zero-order chi connectivity index (χ0) is 15.2. The van der Waals surface area contributed by atoms with Gasteiger partial charge in [-0.05, 0) is 49.7 Å². The molecule has 0 heterocycles. The Labute approximate surface area is 124 Å². The Kier molecular flexibility index (Phi) is 4.95. The third kappa shape index (κ3) is 4.07. The first-order chi connectivity index (χ1) is 10.1. The minimum atomic E-state index is -0.516. The summed E-state index contributed by atoms with van der Waals surface area (Å²) in [6.07, 6.45) is -0.516. The highest BCUT2D eigenvalue weighted by Gasteiger charge is 2.08. The molecule has 2 rings (SSSR count). The highest BCUT2D eigenvalue weighted by atomic mass is 16.5. The van der Waals surface area contributed by atoms with Gasteiger partial charge in [0.2, 0.25) is 0 Å². The number of hydrogen-bond donors (Lipinski definition) is 2. The van der Waals surface area contributed by atoms with Gasteiger partial charge in [-0.3, -0.25) is 4.79 Å². The van der Waals surface area contributed by atoms with Gasteiger partial charge in [-0.25, -0.2) is 0 Å². The van der Waals surface area contributed by atoms with Gasteiger partial charge < -0.3 is 15.2 Å². The van der Waals surface area contributed by atoms with E-state index in [0.717, 1.165) is 5.56 Å². The second-order valence-corrected chi connectivity index (χ2v) is 4.71. The average molecular weight is 285 g/mol. The lowest BCUT2D eigenvalue weighted by Crippen LogP contribution is -2.12. The Morgan fingerprint density at radius 3 is 2.57 bits per heavy atom. The fourth-order valence-electron chi connectivity index (χ4n) is 1.94. The molecule has 0 saturated carbocycles. The van der Waals surface area contributed by atoms with E-state index in [1.165, 1.54) is 0 Å². The van der Waals surface area contributed by atoms with Crippen LogP contribution < -0.4 is 10.1 Å². The van der Waals surface area contributed by atoms with Crippen LogP contribution in [-0.4, -0.2) is 17.6 Å².